The monoisotopic (exact) mass is 328 g/mol. The van der Waals surface area contributed by atoms with Crippen LogP contribution in [0.3, 0.4) is 0 Å². The van der Waals surface area contributed by atoms with Crippen LogP contribution in [0, 0.1) is 0 Å². The fraction of sp³-hybridized carbons (Fsp3) is 0.0500. The van der Waals surface area contributed by atoms with Crippen molar-refractivity contribution in [3.8, 4) is 22.8 Å². The zero-order chi connectivity index (χ0) is 16.9. The highest BCUT2D eigenvalue weighted by molar-refractivity contribution is 5.60. The van der Waals surface area contributed by atoms with Gasteiger partial charge in [-0.15, -0.1) is 0 Å². The van der Waals surface area contributed by atoms with Gasteiger partial charge in [-0.05, 0) is 23.8 Å². The molecule has 0 radical (unpaired) electrons. The summed E-state index contributed by atoms with van der Waals surface area (Å²) in [4.78, 5) is 8.50. The van der Waals surface area contributed by atoms with Crippen LogP contribution in [0.4, 0.5) is 0 Å². The minimum atomic E-state index is 0.575. The third kappa shape index (κ3) is 3.72. The van der Waals surface area contributed by atoms with Crippen molar-refractivity contribution in [1.29, 1.82) is 0 Å². The first-order chi connectivity index (χ1) is 12.4. The largest absolute Gasteiger partial charge is 0.439 e. The number of nitrogens with zero attached hydrogens (tertiary/aromatic N) is 4. The van der Waals surface area contributed by atoms with Crippen molar-refractivity contribution >= 4 is 0 Å². The number of rotatable bonds is 5. The van der Waals surface area contributed by atoms with E-state index in [1.54, 1.807) is 6.20 Å². The quantitative estimate of drug-likeness (QED) is 0.551. The number of para-hydroxylation sites is 1. The lowest BCUT2D eigenvalue weighted by molar-refractivity contribution is 0.462. The van der Waals surface area contributed by atoms with Crippen molar-refractivity contribution in [2.24, 2.45) is 0 Å². The normalized spacial score (nSPS) is 10.6. The lowest BCUT2D eigenvalue weighted by Gasteiger charge is -2.06. The van der Waals surface area contributed by atoms with E-state index in [1.807, 2.05) is 84.1 Å². The Hall–Kier alpha value is -3.47. The fourth-order valence-electron chi connectivity index (χ4n) is 2.49. The second-order valence-electron chi connectivity index (χ2n) is 5.59. The number of pyridine rings is 2. The Kier molecular flexibility index (Phi) is 4.20. The number of hydrogen-bond acceptors (Lipinski definition) is 4. The molecule has 0 aliphatic rings. The number of benzene rings is 1. The van der Waals surface area contributed by atoms with Crippen LogP contribution in [0.5, 0.6) is 11.6 Å². The lowest BCUT2D eigenvalue weighted by Crippen LogP contribution is -2.00. The first kappa shape index (κ1) is 15.1. The highest BCUT2D eigenvalue weighted by Gasteiger charge is 2.04. The van der Waals surface area contributed by atoms with E-state index in [-0.39, 0.29) is 0 Å². The molecular weight excluding hydrogens is 312 g/mol. The van der Waals surface area contributed by atoms with Crippen molar-refractivity contribution in [1.82, 2.24) is 19.7 Å². The molecule has 122 valence electrons. The van der Waals surface area contributed by atoms with E-state index in [0.29, 0.717) is 12.4 Å². The van der Waals surface area contributed by atoms with Crippen molar-refractivity contribution < 1.29 is 4.74 Å². The molecule has 0 spiro atoms. The summed E-state index contributed by atoms with van der Waals surface area (Å²) in [7, 11) is 0. The minimum Gasteiger partial charge on any atom is -0.439 e. The van der Waals surface area contributed by atoms with E-state index in [9.17, 15) is 0 Å². The van der Waals surface area contributed by atoms with Gasteiger partial charge in [0.25, 0.3) is 0 Å². The van der Waals surface area contributed by atoms with E-state index < -0.39 is 0 Å². The smallest absolute Gasteiger partial charge is 0.219 e. The molecule has 0 saturated carbocycles. The van der Waals surface area contributed by atoms with Gasteiger partial charge in [0.1, 0.15) is 5.75 Å². The van der Waals surface area contributed by atoms with Gasteiger partial charge in [-0.2, -0.15) is 5.10 Å². The van der Waals surface area contributed by atoms with Gasteiger partial charge in [-0.1, -0.05) is 30.3 Å². The zero-order valence-electron chi connectivity index (χ0n) is 13.5. The summed E-state index contributed by atoms with van der Waals surface area (Å²) >= 11 is 0. The second kappa shape index (κ2) is 6.97. The van der Waals surface area contributed by atoms with Gasteiger partial charge in [-0.25, -0.2) is 4.98 Å². The summed E-state index contributed by atoms with van der Waals surface area (Å²) in [6.45, 7) is 0.652. The van der Waals surface area contributed by atoms with Crippen molar-refractivity contribution in [3.63, 3.8) is 0 Å². The minimum absolute atomic E-state index is 0.575. The molecule has 0 aliphatic heterocycles. The average Bonchev–Trinajstić information content (AvgIpc) is 3.14. The Morgan fingerprint density at radius 2 is 1.76 bits per heavy atom. The van der Waals surface area contributed by atoms with Gasteiger partial charge in [-0.3, -0.25) is 9.67 Å². The molecule has 4 aromatic rings. The number of ether oxygens (including phenoxy) is 1. The molecule has 0 atom stereocenters. The van der Waals surface area contributed by atoms with Crippen molar-refractivity contribution in [2.45, 2.75) is 6.54 Å². The Labute approximate surface area is 145 Å². The first-order valence-electron chi connectivity index (χ1n) is 7.97. The van der Waals surface area contributed by atoms with Crippen LogP contribution in [0.15, 0.2) is 85.6 Å². The maximum Gasteiger partial charge on any atom is 0.219 e. The molecule has 3 aromatic heterocycles. The number of hydrogen-bond donors (Lipinski definition) is 0. The third-order valence-electron chi connectivity index (χ3n) is 3.74. The SMILES string of the molecule is c1ccc(Oc2ccc(Cn3cc(-c4cccnc4)cn3)cn2)cc1. The standard InChI is InChI=1S/C20H16N4O/c1-2-6-19(7-3-1)25-20-9-8-16(11-22-20)14-24-15-18(13-23-24)17-5-4-10-21-12-17/h1-13,15H,14H2. The molecule has 0 unspecified atom stereocenters. The molecule has 0 N–H and O–H groups in total. The summed E-state index contributed by atoms with van der Waals surface area (Å²) < 4.78 is 7.59. The lowest BCUT2D eigenvalue weighted by atomic mass is 10.2. The molecule has 0 bridgehead atoms. The van der Waals surface area contributed by atoms with Gasteiger partial charge >= 0.3 is 0 Å². The van der Waals surface area contributed by atoms with Crippen LogP contribution >= 0.6 is 0 Å². The summed E-state index contributed by atoms with van der Waals surface area (Å²) in [5.41, 5.74) is 3.16. The Bertz CT molecular complexity index is 934. The predicted octanol–water partition coefficient (Wildman–Crippen LogP) is 4.18. The van der Waals surface area contributed by atoms with E-state index in [4.69, 9.17) is 4.74 Å². The van der Waals surface area contributed by atoms with Gasteiger partial charge < -0.3 is 4.74 Å². The molecule has 3 heterocycles. The molecule has 1 aromatic carbocycles. The summed E-state index contributed by atoms with van der Waals surface area (Å²) in [5.74, 6) is 1.35. The Balaban J connectivity index is 1.44. The van der Waals surface area contributed by atoms with E-state index in [1.165, 1.54) is 0 Å². The van der Waals surface area contributed by atoms with Gasteiger partial charge in [0.05, 0.1) is 12.7 Å². The molecular formula is C20H16N4O. The molecule has 0 aliphatic carbocycles. The highest BCUT2D eigenvalue weighted by atomic mass is 16.5. The summed E-state index contributed by atoms with van der Waals surface area (Å²) in [5, 5.41) is 4.41. The van der Waals surface area contributed by atoms with Crippen LogP contribution in [-0.4, -0.2) is 19.7 Å². The topological polar surface area (TPSA) is 52.8 Å². The van der Waals surface area contributed by atoms with Crippen molar-refractivity contribution in [3.05, 3.63) is 91.1 Å². The molecule has 4 rings (SSSR count). The molecule has 0 fully saturated rings. The summed E-state index contributed by atoms with van der Waals surface area (Å²) in [6, 6.07) is 17.4. The average molecular weight is 328 g/mol. The van der Waals surface area contributed by atoms with Gasteiger partial charge in [0, 0.05) is 42.0 Å². The summed E-state index contributed by atoms with van der Waals surface area (Å²) in [6.07, 6.45) is 9.25. The van der Waals surface area contributed by atoms with E-state index in [2.05, 4.69) is 15.1 Å². The fourth-order valence-corrected chi connectivity index (χ4v) is 2.49. The number of aromatic nitrogens is 4. The van der Waals surface area contributed by atoms with Crippen LogP contribution in [0.2, 0.25) is 0 Å². The second-order valence-corrected chi connectivity index (χ2v) is 5.59. The first-order valence-corrected chi connectivity index (χ1v) is 7.97. The maximum atomic E-state index is 5.71. The highest BCUT2D eigenvalue weighted by Crippen LogP contribution is 2.20. The van der Waals surface area contributed by atoms with Gasteiger partial charge in [0.2, 0.25) is 5.88 Å². The van der Waals surface area contributed by atoms with E-state index >= 15 is 0 Å². The predicted molar refractivity (Wildman–Crippen MR) is 95.3 cm³/mol. The Morgan fingerprint density at radius 3 is 2.52 bits per heavy atom. The van der Waals surface area contributed by atoms with Crippen LogP contribution in [-0.2, 0) is 6.54 Å². The van der Waals surface area contributed by atoms with E-state index in [0.717, 1.165) is 22.4 Å². The molecule has 0 amide bonds. The zero-order valence-corrected chi connectivity index (χ0v) is 13.5. The van der Waals surface area contributed by atoms with Gasteiger partial charge in [0.15, 0.2) is 0 Å². The third-order valence-corrected chi connectivity index (χ3v) is 3.74. The molecule has 25 heavy (non-hydrogen) atoms. The van der Waals surface area contributed by atoms with Crippen LogP contribution in [0.1, 0.15) is 5.56 Å². The maximum absolute atomic E-state index is 5.71. The van der Waals surface area contributed by atoms with Crippen LogP contribution in [0.25, 0.3) is 11.1 Å². The Morgan fingerprint density at radius 1 is 0.840 bits per heavy atom. The van der Waals surface area contributed by atoms with Crippen LogP contribution < -0.4 is 4.74 Å². The molecule has 5 heteroatoms. The van der Waals surface area contributed by atoms with Crippen molar-refractivity contribution in [2.75, 3.05) is 0 Å². The molecule has 0 saturated heterocycles. The molecule has 5 nitrogen and oxygen atoms in total.